The number of rotatable bonds is 7. The first-order chi connectivity index (χ1) is 12.1. The fraction of sp³-hybridized carbons (Fsp3) is 0.824. The summed E-state index contributed by atoms with van der Waals surface area (Å²) >= 11 is 1.69. The second kappa shape index (κ2) is 8.51. The van der Waals surface area contributed by atoms with E-state index in [1.54, 1.807) is 11.8 Å². The van der Waals surface area contributed by atoms with Crippen LogP contribution in [0.15, 0.2) is 4.52 Å². The lowest BCUT2D eigenvalue weighted by Gasteiger charge is -2.47. The number of aromatic nitrogens is 2. The molecule has 1 amide bonds. The molecule has 2 fully saturated rings. The molecule has 0 radical (unpaired) electrons. The number of amides is 1. The minimum Gasteiger partial charge on any atom is -0.396 e. The van der Waals surface area contributed by atoms with E-state index in [0.717, 1.165) is 50.5 Å². The Kier molecular flexibility index (Phi) is 6.35. The van der Waals surface area contributed by atoms with Crippen LogP contribution in [-0.4, -0.2) is 70.0 Å². The molecule has 2 aliphatic rings. The molecule has 8 heteroatoms. The lowest BCUT2D eigenvalue weighted by molar-refractivity contribution is -0.139. The molecular weight excluding hydrogens is 340 g/mol. The number of carbonyl (C=O) groups excluding carboxylic acids is 1. The zero-order valence-electron chi connectivity index (χ0n) is 14.9. The highest BCUT2D eigenvalue weighted by atomic mass is 32.2. The van der Waals surface area contributed by atoms with Gasteiger partial charge in [0.1, 0.15) is 0 Å². The molecule has 7 nitrogen and oxygen atoms in total. The van der Waals surface area contributed by atoms with Crippen molar-refractivity contribution < 1.29 is 14.4 Å². The average molecular weight is 369 g/mol. The summed E-state index contributed by atoms with van der Waals surface area (Å²) in [5.41, 5.74) is 0.249. The van der Waals surface area contributed by atoms with Crippen molar-refractivity contribution in [1.82, 2.24) is 19.9 Å². The van der Waals surface area contributed by atoms with Gasteiger partial charge in [-0.2, -0.15) is 16.7 Å². The third-order valence-electron chi connectivity index (χ3n) is 5.39. The smallest absolute Gasteiger partial charge is 0.240 e. The lowest BCUT2D eigenvalue weighted by Crippen LogP contribution is -2.51. The van der Waals surface area contributed by atoms with E-state index < -0.39 is 0 Å². The average Bonchev–Trinajstić information content (AvgIpc) is 3.05. The fourth-order valence-electron chi connectivity index (χ4n) is 3.89. The Morgan fingerprint density at radius 3 is 2.84 bits per heavy atom. The first-order valence-electron chi connectivity index (χ1n) is 9.05. The molecule has 0 saturated carbocycles. The van der Waals surface area contributed by atoms with Gasteiger partial charge in [0.15, 0.2) is 5.82 Å². The topological polar surface area (TPSA) is 82.7 Å². The van der Waals surface area contributed by atoms with Crippen LogP contribution < -0.4 is 0 Å². The van der Waals surface area contributed by atoms with Gasteiger partial charge in [-0.3, -0.25) is 9.69 Å². The van der Waals surface area contributed by atoms with E-state index >= 15 is 0 Å². The molecule has 3 heterocycles. The van der Waals surface area contributed by atoms with E-state index in [4.69, 9.17) is 9.63 Å². The number of piperidine rings is 2. The quantitative estimate of drug-likeness (QED) is 0.781. The van der Waals surface area contributed by atoms with Crippen molar-refractivity contribution in [2.75, 3.05) is 39.0 Å². The molecule has 2 saturated heterocycles. The minimum atomic E-state index is 0.146. The summed E-state index contributed by atoms with van der Waals surface area (Å²) < 4.78 is 5.34. The molecular formula is C17H28N4O3S. The lowest BCUT2D eigenvalue weighted by atomic mass is 9.72. The molecule has 3 rings (SSSR count). The Labute approximate surface area is 153 Å². The van der Waals surface area contributed by atoms with Gasteiger partial charge >= 0.3 is 0 Å². The predicted octanol–water partition coefficient (Wildman–Crippen LogP) is 1.52. The molecule has 0 atom stereocenters. The van der Waals surface area contributed by atoms with Crippen LogP contribution in [0.5, 0.6) is 0 Å². The maximum atomic E-state index is 12.1. The number of carbonyl (C=O) groups is 1. The molecule has 0 unspecified atom stereocenters. The summed E-state index contributed by atoms with van der Waals surface area (Å²) in [6.45, 7) is 4.39. The minimum absolute atomic E-state index is 0.146. The normalized spacial score (nSPS) is 21.2. The molecule has 1 spiro atoms. The van der Waals surface area contributed by atoms with Crippen molar-refractivity contribution in [3.05, 3.63) is 11.7 Å². The van der Waals surface area contributed by atoms with Gasteiger partial charge in [0.2, 0.25) is 11.8 Å². The van der Waals surface area contributed by atoms with Crippen molar-refractivity contribution in [3.8, 4) is 0 Å². The highest BCUT2D eigenvalue weighted by Crippen LogP contribution is 2.40. The first-order valence-corrected chi connectivity index (χ1v) is 10.4. The Morgan fingerprint density at radius 1 is 1.32 bits per heavy atom. The maximum absolute atomic E-state index is 12.1. The van der Waals surface area contributed by atoms with Gasteiger partial charge in [-0.25, -0.2) is 0 Å². The summed E-state index contributed by atoms with van der Waals surface area (Å²) in [6, 6.07) is 0. The Balaban J connectivity index is 1.51. The fourth-order valence-corrected chi connectivity index (χ4v) is 4.27. The van der Waals surface area contributed by atoms with Gasteiger partial charge < -0.3 is 14.5 Å². The Bertz CT molecular complexity index is 572. The monoisotopic (exact) mass is 368 g/mol. The van der Waals surface area contributed by atoms with Crippen molar-refractivity contribution in [3.63, 3.8) is 0 Å². The zero-order valence-corrected chi connectivity index (χ0v) is 15.8. The van der Waals surface area contributed by atoms with Crippen LogP contribution in [0, 0.1) is 5.41 Å². The highest BCUT2D eigenvalue weighted by Gasteiger charge is 2.40. The molecule has 25 heavy (non-hydrogen) atoms. The van der Waals surface area contributed by atoms with Crippen LogP contribution in [0.2, 0.25) is 0 Å². The molecule has 1 N–H and O–H groups in total. The van der Waals surface area contributed by atoms with Crippen molar-refractivity contribution in [2.24, 2.45) is 5.41 Å². The molecule has 1 aromatic rings. The van der Waals surface area contributed by atoms with Gasteiger partial charge in [-0.1, -0.05) is 5.16 Å². The second-order valence-electron chi connectivity index (χ2n) is 7.21. The van der Waals surface area contributed by atoms with E-state index in [0.29, 0.717) is 31.8 Å². The van der Waals surface area contributed by atoms with Gasteiger partial charge in [-0.15, -0.1) is 0 Å². The van der Waals surface area contributed by atoms with E-state index in [-0.39, 0.29) is 17.9 Å². The van der Waals surface area contributed by atoms with Crippen LogP contribution in [0.1, 0.15) is 43.8 Å². The molecule has 1 aromatic heterocycles. The van der Waals surface area contributed by atoms with E-state index in [1.165, 1.54) is 0 Å². The van der Waals surface area contributed by atoms with Gasteiger partial charge in [0.05, 0.1) is 12.3 Å². The first kappa shape index (κ1) is 18.7. The summed E-state index contributed by atoms with van der Waals surface area (Å²) in [5, 5.41) is 13.0. The van der Waals surface area contributed by atoms with Crippen LogP contribution in [0.25, 0.3) is 0 Å². The van der Waals surface area contributed by atoms with Gasteiger partial charge in [0, 0.05) is 26.1 Å². The van der Waals surface area contributed by atoms with Crippen LogP contribution in [-0.2, 0) is 17.1 Å². The Morgan fingerprint density at radius 2 is 2.12 bits per heavy atom. The predicted molar refractivity (Wildman–Crippen MR) is 96.0 cm³/mol. The van der Waals surface area contributed by atoms with Gasteiger partial charge in [-0.05, 0) is 50.4 Å². The zero-order chi connectivity index (χ0) is 17.7. The Hall–Kier alpha value is -1.12. The van der Waals surface area contributed by atoms with E-state index in [2.05, 4.69) is 15.0 Å². The standard InChI is InChI=1S/C17H28N4O3S/c1-25-12-14-18-15(24-19-14)11-20-8-5-17(6-9-20)4-3-16(23)21(13-17)7-2-10-22/h22H,2-13H2,1H3. The van der Waals surface area contributed by atoms with Crippen LogP contribution in [0.4, 0.5) is 0 Å². The SMILES string of the molecule is CSCc1noc(CN2CCC3(CCC(=O)N(CCCO)C3)CC2)n1. The number of hydrogen-bond acceptors (Lipinski definition) is 7. The number of likely N-dealkylation sites (tertiary alicyclic amines) is 2. The van der Waals surface area contributed by atoms with E-state index in [1.807, 2.05) is 11.2 Å². The molecule has 0 aliphatic carbocycles. The van der Waals surface area contributed by atoms with Gasteiger partial charge in [0.25, 0.3) is 0 Å². The number of thioether (sulfide) groups is 1. The summed E-state index contributed by atoms with van der Waals surface area (Å²) in [5.74, 6) is 2.49. The summed E-state index contributed by atoms with van der Waals surface area (Å²) in [6.07, 6.45) is 6.53. The number of aliphatic hydroxyl groups excluding tert-OH is 1. The van der Waals surface area contributed by atoms with Crippen molar-refractivity contribution in [1.29, 1.82) is 0 Å². The number of aliphatic hydroxyl groups is 1. The third kappa shape index (κ3) is 4.74. The van der Waals surface area contributed by atoms with Crippen LogP contribution in [0.3, 0.4) is 0 Å². The summed E-state index contributed by atoms with van der Waals surface area (Å²) in [4.78, 5) is 20.9. The maximum Gasteiger partial charge on any atom is 0.240 e. The number of hydrogen-bond donors (Lipinski definition) is 1. The van der Waals surface area contributed by atoms with Crippen molar-refractivity contribution >= 4 is 17.7 Å². The molecule has 2 aliphatic heterocycles. The largest absolute Gasteiger partial charge is 0.396 e. The highest BCUT2D eigenvalue weighted by molar-refractivity contribution is 7.97. The van der Waals surface area contributed by atoms with E-state index in [9.17, 15) is 4.79 Å². The third-order valence-corrected chi connectivity index (χ3v) is 5.94. The van der Waals surface area contributed by atoms with Crippen LogP contribution >= 0.6 is 11.8 Å². The summed E-state index contributed by atoms with van der Waals surface area (Å²) in [7, 11) is 0. The number of nitrogens with zero attached hydrogens (tertiary/aromatic N) is 4. The van der Waals surface area contributed by atoms with Crippen molar-refractivity contribution in [2.45, 2.75) is 44.4 Å². The molecule has 140 valence electrons. The second-order valence-corrected chi connectivity index (χ2v) is 8.07. The molecule has 0 bridgehead atoms. The molecule has 0 aromatic carbocycles.